The third-order valence-electron chi connectivity index (χ3n) is 3.24. The molecule has 106 valence electrons. The maximum atomic E-state index is 13.8. The summed E-state index contributed by atoms with van der Waals surface area (Å²) < 4.78 is 47.4. The van der Waals surface area contributed by atoms with Gasteiger partial charge in [-0.25, -0.2) is 23.1 Å². The first-order valence-electron chi connectivity index (χ1n) is 6.59. The van der Waals surface area contributed by atoms with Crippen LogP contribution in [0.1, 0.15) is 12.8 Å². The third kappa shape index (κ3) is 2.45. The van der Waals surface area contributed by atoms with Crippen LogP contribution in [-0.4, -0.2) is 39.2 Å². The van der Waals surface area contributed by atoms with Crippen LogP contribution in [0.4, 0.5) is 19.1 Å². The van der Waals surface area contributed by atoms with Gasteiger partial charge in [-0.15, -0.1) is 0 Å². The molecule has 0 aromatic carbocycles. The quantitative estimate of drug-likeness (QED) is 0.919. The fraction of sp³-hybridized carbons (Fsp3) is 0.417. The number of H-pyrrole nitrogens is 1. The van der Waals surface area contributed by atoms with Crippen molar-refractivity contribution in [1.82, 2.24) is 20.2 Å². The van der Waals surface area contributed by atoms with E-state index in [9.17, 15) is 13.2 Å². The van der Waals surface area contributed by atoms with Gasteiger partial charge in [0.05, 0.1) is 12.4 Å². The fourth-order valence-corrected chi connectivity index (χ4v) is 2.09. The van der Waals surface area contributed by atoms with Gasteiger partial charge in [-0.1, -0.05) is 0 Å². The number of nitrogens with zero attached hydrogens (tertiary/aromatic N) is 4. The van der Waals surface area contributed by atoms with E-state index >= 15 is 0 Å². The second-order valence-electron chi connectivity index (χ2n) is 4.65. The summed E-state index contributed by atoms with van der Waals surface area (Å²) in [7, 11) is 0. The van der Waals surface area contributed by atoms with Crippen LogP contribution >= 0.6 is 0 Å². The zero-order chi connectivity index (χ0) is 15.0. The van der Waals surface area contributed by atoms with E-state index in [0.29, 0.717) is 5.56 Å². The fourth-order valence-electron chi connectivity index (χ4n) is 2.09. The topological polar surface area (TPSA) is 57.7 Å². The van der Waals surface area contributed by atoms with Crippen molar-refractivity contribution in [3.05, 3.63) is 24.4 Å². The van der Waals surface area contributed by atoms with E-state index in [2.05, 4.69) is 15.1 Å². The molecule has 0 saturated carbocycles. The van der Waals surface area contributed by atoms with Crippen LogP contribution in [0.5, 0.6) is 0 Å². The Hall–Kier alpha value is -2.12. The number of anilines is 1. The number of alkyl halides is 2. The number of hydrogen-bond acceptors (Lipinski definition) is 4. The average molecular weight is 284 g/mol. The van der Waals surface area contributed by atoms with Crippen LogP contribution < -0.4 is 4.90 Å². The second kappa shape index (κ2) is 4.77. The highest BCUT2D eigenvalue weighted by atomic mass is 19.3. The Bertz CT molecular complexity index is 650. The first kappa shape index (κ1) is 11.7. The lowest BCUT2D eigenvalue weighted by atomic mass is 10.1. The summed E-state index contributed by atoms with van der Waals surface area (Å²) in [5.41, 5.74) is 0.351. The molecule has 2 aromatic heterocycles. The Morgan fingerprint density at radius 2 is 2.05 bits per heavy atom. The molecule has 8 heteroatoms. The minimum absolute atomic E-state index is 0.0100. The van der Waals surface area contributed by atoms with Crippen molar-refractivity contribution in [1.29, 1.82) is 0 Å². The van der Waals surface area contributed by atoms with Gasteiger partial charge in [-0.05, 0) is 0 Å². The van der Waals surface area contributed by atoms with Gasteiger partial charge in [0.2, 0.25) is 5.95 Å². The first-order chi connectivity index (χ1) is 9.94. The molecule has 0 bridgehead atoms. The highest BCUT2D eigenvalue weighted by Gasteiger charge is 2.34. The predicted octanol–water partition coefficient (Wildman–Crippen LogP) is 2.24. The van der Waals surface area contributed by atoms with Crippen LogP contribution in [0.15, 0.2) is 18.6 Å². The van der Waals surface area contributed by atoms with Crippen LogP contribution in [0.3, 0.4) is 0 Å². The van der Waals surface area contributed by atoms with Gasteiger partial charge in [-0.2, -0.15) is 5.10 Å². The van der Waals surface area contributed by atoms with Gasteiger partial charge in [0.1, 0.15) is 5.69 Å². The van der Waals surface area contributed by atoms with Gasteiger partial charge in [0, 0.05) is 37.7 Å². The van der Waals surface area contributed by atoms with Crippen molar-refractivity contribution in [2.24, 2.45) is 0 Å². The lowest BCUT2D eigenvalue weighted by Crippen LogP contribution is -2.40. The Morgan fingerprint density at radius 1 is 1.30 bits per heavy atom. The van der Waals surface area contributed by atoms with E-state index in [4.69, 9.17) is 1.41 Å². The number of aromatic amines is 1. The van der Waals surface area contributed by atoms with Gasteiger partial charge in [0.25, 0.3) is 5.92 Å². The molecule has 0 atom stereocenters. The molecule has 1 fully saturated rings. The molecule has 1 aliphatic rings. The minimum Gasteiger partial charge on any atom is -0.340 e. The van der Waals surface area contributed by atoms with Crippen molar-refractivity contribution < 1.29 is 14.6 Å². The largest absolute Gasteiger partial charge is 0.340 e. The van der Waals surface area contributed by atoms with E-state index in [1.165, 1.54) is 12.4 Å². The smallest absolute Gasteiger partial charge is 0.251 e. The van der Waals surface area contributed by atoms with Crippen LogP contribution in [-0.2, 0) is 0 Å². The summed E-state index contributed by atoms with van der Waals surface area (Å²) in [6, 6.07) is 0. The number of halogens is 3. The zero-order valence-electron chi connectivity index (χ0n) is 11.4. The average Bonchev–Trinajstić information content (AvgIpc) is 2.86. The summed E-state index contributed by atoms with van der Waals surface area (Å²) in [6.45, 7) is 0.242. The second-order valence-corrected chi connectivity index (χ2v) is 4.65. The molecule has 20 heavy (non-hydrogen) atoms. The Kier molecular flexibility index (Phi) is 2.79. The van der Waals surface area contributed by atoms with Crippen molar-refractivity contribution in [3.8, 4) is 11.3 Å². The Labute approximate surface area is 114 Å². The van der Waals surface area contributed by atoms with Gasteiger partial charge in [-0.3, -0.25) is 5.09 Å². The maximum Gasteiger partial charge on any atom is 0.251 e. The molecular weight excluding hydrogens is 271 g/mol. The molecule has 2 aromatic rings. The molecule has 1 N–H and O–H groups in total. The van der Waals surface area contributed by atoms with Crippen LogP contribution in [0.25, 0.3) is 11.3 Å². The molecule has 5 nitrogen and oxygen atoms in total. The third-order valence-corrected chi connectivity index (χ3v) is 3.24. The highest BCUT2D eigenvalue weighted by molar-refractivity contribution is 5.58. The van der Waals surface area contributed by atoms with Crippen molar-refractivity contribution >= 4 is 5.95 Å². The van der Waals surface area contributed by atoms with Gasteiger partial charge >= 0.3 is 0 Å². The molecule has 0 spiro atoms. The molecule has 3 heterocycles. The minimum atomic E-state index is -2.66. The molecular formula is C12H12F3N5. The van der Waals surface area contributed by atoms with Crippen molar-refractivity contribution in [2.45, 2.75) is 18.8 Å². The zero-order valence-corrected chi connectivity index (χ0v) is 10.4. The molecule has 3 rings (SSSR count). The Balaban J connectivity index is 1.88. The monoisotopic (exact) mass is 284 g/mol. The van der Waals surface area contributed by atoms with E-state index in [-0.39, 0.29) is 37.6 Å². The number of aromatic nitrogens is 4. The molecule has 0 aliphatic carbocycles. The molecule has 1 saturated heterocycles. The Morgan fingerprint density at radius 3 is 2.70 bits per heavy atom. The summed E-state index contributed by atoms with van der Waals surface area (Å²) in [6.07, 6.45) is 3.08. The highest BCUT2D eigenvalue weighted by Crippen LogP contribution is 2.30. The van der Waals surface area contributed by atoms with Crippen molar-refractivity contribution in [2.75, 3.05) is 18.0 Å². The van der Waals surface area contributed by atoms with E-state index < -0.39 is 11.7 Å². The standard InChI is InChI=1S/C12H12F3N5/c13-9-7-16-11(19-10(9)8-5-17-18-6-8)20-3-1-12(14,15)2-4-20/h5-7H,1-4H2,(H,17,18)/i/hD. The van der Waals surface area contributed by atoms with E-state index in [1.54, 1.807) is 4.90 Å². The number of nitrogens with one attached hydrogen (secondary N) is 1. The molecule has 0 amide bonds. The normalized spacial score (nSPS) is 18.9. The molecule has 0 radical (unpaired) electrons. The van der Waals surface area contributed by atoms with E-state index in [0.717, 1.165) is 11.3 Å². The van der Waals surface area contributed by atoms with Crippen molar-refractivity contribution in [3.63, 3.8) is 0 Å². The number of piperidine rings is 1. The first-order valence-corrected chi connectivity index (χ1v) is 6.14. The SMILES string of the molecule is [2H]n1cc(-c2nc(N3CCC(F)(F)CC3)ncc2F)cn1. The lowest BCUT2D eigenvalue weighted by molar-refractivity contribution is -0.0222. The number of rotatable bonds is 2. The lowest BCUT2D eigenvalue weighted by Gasteiger charge is -2.31. The maximum absolute atomic E-state index is 13.8. The number of hydrogen-bond donors (Lipinski definition) is 1. The predicted molar refractivity (Wildman–Crippen MR) is 66.0 cm³/mol. The van der Waals surface area contributed by atoms with Gasteiger partial charge < -0.3 is 4.90 Å². The molecule has 0 unspecified atom stereocenters. The van der Waals surface area contributed by atoms with Gasteiger partial charge in [0.15, 0.2) is 7.23 Å². The summed E-state index contributed by atoms with van der Waals surface area (Å²) in [5, 5.41) is 4.43. The summed E-state index contributed by atoms with van der Waals surface area (Å²) in [4.78, 5) is 9.55. The van der Waals surface area contributed by atoms with Crippen LogP contribution in [0.2, 0.25) is 1.41 Å². The van der Waals surface area contributed by atoms with Crippen LogP contribution in [0, 0.1) is 5.82 Å². The summed E-state index contributed by atoms with van der Waals surface area (Å²) in [5.74, 6) is -3.10. The summed E-state index contributed by atoms with van der Waals surface area (Å²) >= 11 is 0. The molecule has 1 aliphatic heterocycles. The van der Waals surface area contributed by atoms with E-state index in [1.807, 2.05) is 0 Å².